The van der Waals surface area contributed by atoms with Crippen LogP contribution < -0.4 is 5.32 Å². The van der Waals surface area contributed by atoms with Crippen LogP contribution in [0.5, 0.6) is 0 Å². The third-order valence-corrected chi connectivity index (χ3v) is 5.19. The van der Waals surface area contributed by atoms with Crippen molar-refractivity contribution in [3.05, 3.63) is 89.1 Å². The molecule has 0 radical (unpaired) electrons. The summed E-state index contributed by atoms with van der Waals surface area (Å²) >= 11 is 6.75. The van der Waals surface area contributed by atoms with E-state index in [1.807, 2.05) is 66.7 Å². The van der Waals surface area contributed by atoms with Gasteiger partial charge in [0.1, 0.15) is 5.69 Å². The number of nitrogens with zero attached hydrogens (tertiary/aromatic N) is 3. The third kappa shape index (κ3) is 4.09. The Hall–Kier alpha value is -3.51. The van der Waals surface area contributed by atoms with Crippen LogP contribution in [0.25, 0.3) is 11.3 Å². The molecule has 1 aromatic heterocycles. The first kappa shape index (κ1) is 19.8. The van der Waals surface area contributed by atoms with Gasteiger partial charge in [0, 0.05) is 23.9 Å². The molecular formula is C23H20ClN5O. The summed E-state index contributed by atoms with van der Waals surface area (Å²) in [5.41, 5.74) is 2.63. The zero-order valence-electron chi connectivity index (χ0n) is 16.2. The molecule has 2 N–H and O–H groups in total. The lowest BCUT2D eigenvalue weighted by atomic mass is 10.0. The normalized spacial score (nSPS) is 12.8. The smallest absolute Gasteiger partial charge is 0.245 e. The van der Waals surface area contributed by atoms with Crippen LogP contribution in [0.4, 0.5) is 5.82 Å². The second-order valence-electron chi connectivity index (χ2n) is 6.81. The summed E-state index contributed by atoms with van der Waals surface area (Å²) in [5, 5.41) is 20.7. The molecule has 0 fully saturated rings. The Kier molecular flexibility index (Phi) is 5.86. The summed E-state index contributed by atoms with van der Waals surface area (Å²) in [6.45, 7) is 0.710. The molecule has 1 amide bonds. The molecular weight excluding hydrogens is 398 g/mol. The Bertz CT molecular complexity index is 1100. The molecule has 0 saturated carbocycles. The molecule has 0 unspecified atom stereocenters. The summed E-state index contributed by atoms with van der Waals surface area (Å²) in [7, 11) is 0. The summed E-state index contributed by atoms with van der Waals surface area (Å²) in [4.78, 5) is 14.1. The second-order valence-corrected chi connectivity index (χ2v) is 7.19. The van der Waals surface area contributed by atoms with Crippen molar-refractivity contribution in [3.63, 3.8) is 0 Å². The zero-order valence-corrected chi connectivity index (χ0v) is 16.9. The molecule has 6 nitrogen and oxygen atoms in total. The molecule has 4 rings (SSSR count). The fourth-order valence-electron chi connectivity index (χ4n) is 3.26. The van der Waals surface area contributed by atoms with Crippen LogP contribution in [0.15, 0.2) is 72.9 Å². The number of aromatic nitrogens is 2. The summed E-state index contributed by atoms with van der Waals surface area (Å²) in [6.07, 6.45) is 4.60. The Morgan fingerprint density at radius 1 is 1.07 bits per heavy atom. The minimum atomic E-state index is -0.0778. The molecule has 1 aliphatic heterocycles. The number of halogens is 1. The van der Waals surface area contributed by atoms with Crippen LogP contribution in [0, 0.1) is 5.41 Å². The molecule has 150 valence electrons. The minimum Gasteiger partial charge on any atom is -0.359 e. The van der Waals surface area contributed by atoms with Crippen molar-refractivity contribution in [1.82, 2.24) is 15.1 Å². The van der Waals surface area contributed by atoms with Gasteiger partial charge in [-0.25, -0.2) is 0 Å². The quantitative estimate of drug-likeness (QED) is 0.583. The summed E-state index contributed by atoms with van der Waals surface area (Å²) < 4.78 is 0. The molecule has 3 aromatic rings. The summed E-state index contributed by atoms with van der Waals surface area (Å²) in [6, 6.07) is 18.8. The first-order chi connectivity index (χ1) is 14.6. The molecule has 2 heterocycles. The number of nitrogens with one attached hydrogen (secondary N) is 2. The molecule has 0 atom stereocenters. The largest absolute Gasteiger partial charge is 0.359 e. The predicted octanol–water partition coefficient (Wildman–Crippen LogP) is 4.37. The Morgan fingerprint density at radius 2 is 1.77 bits per heavy atom. The Balaban J connectivity index is 1.71. The summed E-state index contributed by atoms with van der Waals surface area (Å²) in [5.74, 6) is 0.232. The number of hydrogen-bond acceptors (Lipinski definition) is 5. The number of carbonyl (C=O) groups excluding carboxylic acids is 1. The van der Waals surface area contributed by atoms with Crippen LogP contribution >= 0.6 is 11.6 Å². The van der Waals surface area contributed by atoms with Gasteiger partial charge in [-0.1, -0.05) is 78.3 Å². The van der Waals surface area contributed by atoms with E-state index in [1.165, 1.54) is 0 Å². The van der Waals surface area contributed by atoms with Crippen molar-refractivity contribution >= 4 is 29.0 Å². The van der Waals surface area contributed by atoms with E-state index in [2.05, 4.69) is 15.5 Å². The number of anilines is 1. The van der Waals surface area contributed by atoms with Gasteiger partial charge < -0.3 is 10.2 Å². The predicted molar refractivity (Wildman–Crippen MR) is 119 cm³/mol. The monoisotopic (exact) mass is 417 g/mol. The van der Waals surface area contributed by atoms with Crippen LogP contribution in [0.1, 0.15) is 17.5 Å². The van der Waals surface area contributed by atoms with Gasteiger partial charge in [0.05, 0.1) is 22.8 Å². The van der Waals surface area contributed by atoms with E-state index in [9.17, 15) is 4.79 Å². The van der Waals surface area contributed by atoms with Gasteiger partial charge in [0.2, 0.25) is 5.91 Å². The van der Waals surface area contributed by atoms with Crippen LogP contribution in [-0.2, 0) is 4.79 Å². The van der Waals surface area contributed by atoms with Crippen LogP contribution in [0.2, 0.25) is 5.02 Å². The molecule has 7 heteroatoms. The fraction of sp³-hybridized carbons (Fsp3) is 0.130. The average Bonchev–Trinajstić information content (AvgIpc) is 3.33. The van der Waals surface area contributed by atoms with Crippen molar-refractivity contribution < 1.29 is 4.79 Å². The first-order valence-corrected chi connectivity index (χ1v) is 9.99. The van der Waals surface area contributed by atoms with Crippen molar-refractivity contribution in [3.8, 4) is 11.3 Å². The Morgan fingerprint density at radius 3 is 2.43 bits per heavy atom. The van der Waals surface area contributed by atoms with Crippen molar-refractivity contribution in [2.45, 2.75) is 6.42 Å². The highest BCUT2D eigenvalue weighted by molar-refractivity contribution is 6.38. The third-order valence-electron chi connectivity index (χ3n) is 4.82. The average molecular weight is 418 g/mol. The lowest BCUT2D eigenvalue weighted by Crippen LogP contribution is -2.30. The number of carbonyl (C=O) groups is 1. The maximum absolute atomic E-state index is 12.4. The number of amides is 1. The maximum atomic E-state index is 12.4. The number of rotatable bonds is 6. The van der Waals surface area contributed by atoms with E-state index in [4.69, 9.17) is 17.0 Å². The molecule has 0 saturated heterocycles. The van der Waals surface area contributed by atoms with Gasteiger partial charge in [-0.05, 0) is 6.42 Å². The Labute approximate surface area is 179 Å². The fourth-order valence-corrected chi connectivity index (χ4v) is 3.59. The molecule has 0 bridgehead atoms. The zero-order chi connectivity index (χ0) is 20.9. The van der Waals surface area contributed by atoms with Gasteiger partial charge in [-0.15, -0.1) is 10.2 Å². The molecule has 1 aliphatic rings. The lowest BCUT2D eigenvalue weighted by molar-refractivity contribution is -0.126. The van der Waals surface area contributed by atoms with Gasteiger partial charge in [-0.2, -0.15) is 0 Å². The number of hydrogen-bond donors (Lipinski definition) is 2. The van der Waals surface area contributed by atoms with Crippen molar-refractivity contribution in [2.24, 2.45) is 0 Å². The van der Waals surface area contributed by atoms with E-state index in [-0.39, 0.29) is 18.2 Å². The van der Waals surface area contributed by atoms with E-state index in [1.54, 1.807) is 11.1 Å². The number of benzene rings is 2. The minimum absolute atomic E-state index is 0.0368. The highest BCUT2D eigenvalue weighted by Gasteiger charge is 2.22. The highest BCUT2D eigenvalue weighted by Crippen LogP contribution is 2.33. The maximum Gasteiger partial charge on any atom is 0.245 e. The first-order valence-electron chi connectivity index (χ1n) is 9.61. The van der Waals surface area contributed by atoms with E-state index >= 15 is 0 Å². The molecule has 0 spiro atoms. The van der Waals surface area contributed by atoms with Crippen LogP contribution in [0.3, 0.4) is 0 Å². The standard InChI is InChI=1S/C23H20ClN5O/c24-20-19(21(25)16-9-3-1-4-10-16)23(26-15-18(30)29-13-7-8-14-29)28-27-22(20)17-11-5-2-6-12-17/h1-7,9-13,25H,8,14-15H2,(H,26,28). The van der Waals surface area contributed by atoms with Gasteiger partial charge >= 0.3 is 0 Å². The SMILES string of the molecule is N=C(c1ccccc1)c1c(NCC(=O)N2C=CCC2)nnc(-c2ccccc2)c1Cl. The molecule has 0 aliphatic carbocycles. The van der Waals surface area contributed by atoms with Gasteiger partial charge in [-0.3, -0.25) is 10.2 Å². The van der Waals surface area contributed by atoms with Gasteiger partial charge in [0.15, 0.2) is 5.82 Å². The van der Waals surface area contributed by atoms with Crippen molar-refractivity contribution in [1.29, 1.82) is 5.41 Å². The van der Waals surface area contributed by atoms with E-state index < -0.39 is 0 Å². The second kappa shape index (κ2) is 8.88. The molecule has 2 aromatic carbocycles. The van der Waals surface area contributed by atoms with Gasteiger partial charge in [0.25, 0.3) is 0 Å². The van der Waals surface area contributed by atoms with E-state index in [0.717, 1.165) is 12.0 Å². The van der Waals surface area contributed by atoms with Crippen molar-refractivity contribution in [2.75, 3.05) is 18.4 Å². The topological polar surface area (TPSA) is 82.0 Å². The highest BCUT2D eigenvalue weighted by atomic mass is 35.5. The lowest BCUT2D eigenvalue weighted by Gasteiger charge is -2.17. The molecule has 30 heavy (non-hydrogen) atoms. The van der Waals surface area contributed by atoms with E-state index in [0.29, 0.717) is 34.2 Å². The van der Waals surface area contributed by atoms with Crippen LogP contribution in [-0.4, -0.2) is 39.8 Å².